The molecule has 140 valence electrons. The van der Waals surface area contributed by atoms with Gasteiger partial charge in [-0.15, -0.1) is 11.3 Å². The molecule has 0 radical (unpaired) electrons. The minimum absolute atomic E-state index is 0.0480. The molecule has 2 aliphatic rings. The number of carbonyl (C=O) groups is 2. The molecule has 2 aromatic rings. The van der Waals surface area contributed by atoms with Gasteiger partial charge in [0.05, 0.1) is 14.2 Å². The molecule has 1 aromatic carbocycles. The molecule has 27 heavy (non-hydrogen) atoms. The Kier molecular flexibility index (Phi) is 4.74. The molecular weight excluding hydrogens is 362 g/mol. The molecule has 2 atom stereocenters. The Hall–Kier alpha value is -2.60. The summed E-state index contributed by atoms with van der Waals surface area (Å²) in [7, 11) is 3.17. The number of hydrogen-bond donors (Lipinski definition) is 1. The number of thiophene rings is 1. The molecule has 1 amide bonds. The maximum Gasteiger partial charge on any atom is 0.225 e. The van der Waals surface area contributed by atoms with Crippen molar-refractivity contribution in [3.8, 4) is 11.5 Å². The van der Waals surface area contributed by atoms with Gasteiger partial charge in [0.1, 0.15) is 0 Å². The quantitative estimate of drug-likeness (QED) is 0.873. The third kappa shape index (κ3) is 3.25. The second-order valence-corrected chi connectivity index (χ2v) is 7.83. The SMILES string of the molecule is COc1ccc([C@@H]2CC(=O)NC3=C2C(=O)C[C@H](c2cccs2)C3)cc1OC. The first-order chi connectivity index (χ1) is 13.1. The van der Waals surface area contributed by atoms with E-state index in [0.717, 1.165) is 16.8 Å². The number of benzene rings is 1. The highest BCUT2D eigenvalue weighted by Gasteiger charge is 2.38. The number of ether oxygens (including phenoxy) is 2. The van der Waals surface area contributed by atoms with Gasteiger partial charge < -0.3 is 14.8 Å². The lowest BCUT2D eigenvalue weighted by molar-refractivity contribution is -0.122. The van der Waals surface area contributed by atoms with Crippen LogP contribution in [0, 0.1) is 0 Å². The molecule has 1 aliphatic heterocycles. The van der Waals surface area contributed by atoms with Crippen LogP contribution < -0.4 is 14.8 Å². The molecule has 2 heterocycles. The van der Waals surface area contributed by atoms with Crippen molar-refractivity contribution >= 4 is 23.0 Å². The van der Waals surface area contributed by atoms with Gasteiger partial charge in [-0.2, -0.15) is 0 Å². The molecule has 4 rings (SSSR count). The molecule has 0 unspecified atom stereocenters. The average molecular weight is 383 g/mol. The number of nitrogens with one attached hydrogen (secondary N) is 1. The van der Waals surface area contributed by atoms with E-state index in [0.29, 0.717) is 24.3 Å². The minimum atomic E-state index is -0.245. The van der Waals surface area contributed by atoms with E-state index >= 15 is 0 Å². The zero-order valence-corrected chi connectivity index (χ0v) is 16.1. The third-order valence-corrected chi connectivity index (χ3v) is 6.33. The van der Waals surface area contributed by atoms with Crippen molar-refractivity contribution in [2.75, 3.05) is 14.2 Å². The molecule has 1 N–H and O–H groups in total. The van der Waals surface area contributed by atoms with Crippen LogP contribution in [0.2, 0.25) is 0 Å². The van der Waals surface area contributed by atoms with Crippen molar-refractivity contribution in [2.45, 2.75) is 31.1 Å². The lowest BCUT2D eigenvalue weighted by Gasteiger charge is -2.34. The van der Waals surface area contributed by atoms with Gasteiger partial charge in [-0.25, -0.2) is 0 Å². The van der Waals surface area contributed by atoms with E-state index in [1.54, 1.807) is 25.6 Å². The fourth-order valence-corrected chi connectivity index (χ4v) is 4.87. The summed E-state index contributed by atoms with van der Waals surface area (Å²) >= 11 is 1.66. The molecule has 0 bridgehead atoms. The van der Waals surface area contributed by atoms with Crippen LogP contribution in [0.3, 0.4) is 0 Å². The van der Waals surface area contributed by atoms with Crippen molar-refractivity contribution in [3.63, 3.8) is 0 Å². The second kappa shape index (κ2) is 7.19. The lowest BCUT2D eigenvalue weighted by Crippen LogP contribution is -2.38. The van der Waals surface area contributed by atoms with Gasteiger partial charge in [-0.3, -0.25) is 9.59 Å². The molecule has 0 saturated heterocycles. The predicted octanol–water partition coefficient (Wildman–Crippen LogP) is 3.77. The van der Waals surface area contributed by atoms with Gasteiger partial charge in [0.2, 0.25) is 5.91 Å². The first-order valence-electron chi connectivity index (χ1n) is 8.92. The van der Waals surface area contributed by atoms with Crippen LogP contribution in [0.5, 0.6) is 11.5 Å². The first kappa shape index (κ1) is 17.8. The number of methoxy groups -OCH3 is 2. The Morgan fingerprint density at radius 3 is 2.56 bits per heavy atom. The van der Waals surface area contributed by atoms with E-state index in [2.05, 4.69) is 11.4 Å². The van der Waals surface area contributed by atoms with Crippen LogP contribution in [0.25, 0.3) is 0 Å². The first-order valence-corrected chi connectivity index (χ1v) is 9.80. The molecule has 0 spiro atoms. The van der Waals surface area contributed by atoms with E-state index in [1.807, 2.05) is 29.6 Å². The van der Waals surface area contributed by atoms with Crippen LogP contribution in [0.4, 0.5) is 0 Å². The van der Waals surface area contributed by atoms with E-state index in [1.165, 1.54) is 4.88 Å². The molecule has 0 fully saturated rings. The molecule has 1 aromatic heterocycles. The summed E-state index contributed by atoms with van der Waals surface area (Å²) in [4.78, 5) is 26.6. The Labute approximate surface area is 162 Å². The molecule has 5 nitrogen and oxygen atoms in total. The topological polar surface area (TPSA) is 64.6 Å². The maximum absolute atomic E-state index is 13.0. The average Bonchev–Trinajstić information content (AvgIpc) is 3.21. The number of rotatable bonds is 4. The number of allylic oxidation sites excluding steroid dienone is 2. The van der Waals surface area contributed by atoms with Crippen molar-refractivity contribution in [3.05, 3.63) is 57.4 Å². The highest BCUT2D eigenvalue weighted by Crippen LogP contribution is 2.44. The third-order valence-electron chi connectivity index (χ3n) is 5.29. The normalized spacial score (nSPS) is 22.3. The zero-order valence-electron chi connectivity index (χ0n) is 15.3. The van der Waals surface area contributed by atoms with Crippen molar-refractivity contribution in [1.29, 1.82) is 0 Å². The summed E-state index contributed by atoms with van der Waals surface area (Å²) in [5.74, 6) is 1.19. The van der Waals surface area contributed by atoms with Crippen LogP contribution in [0.15, 0.2) is 47.0 Å². The Morgan fingerprint density at radius 2 is 1.85 bits per heavy atom. The summed E-state index contributed by atoms with van der Waals surface area (Å²) in [5, 5.41) is 4.98. The smallest absolute Gasteiger partial charge is 0.225 e. The zero-order chi connectivity index (χ0) is 19.0. The van der Waals surface area contributed by atoms with Gasteiger partial charge in [0.25, 0.3) is 0 Å². The summed E-state index contributed by atoms with van der Waals surface area (Å²) in [6.45, 7) is 0. The van der Waals surface area contributed by atoms with Gasteiger partial charge in [-0.1, -0.05) is 12.1 Å². The molecule has 0 saturated carbocycles. The summed E-state index contributed by atoms with van der Waals surface area (Å²) in [5.41, 5.74) is 2.42. The number of carbonyl (C=O) groups excluding carboxylic acids is 2. The summed E-state index contributed by atoms with van der Waals surface area (Å²) < 4.78 is 10.7. The van der Waals surface area contributed by atoms with E-state index in [-0.39, 0.29) is 29.9 Å². The fraction of sp³-hybridized carbons (Fsp3) is 0.333. The predicted molar refractivity (Wildman–Crippen MR) is 103 cm³/mol. The molecule has 1 aliphatic carbocycles. The second-order valence-electron chi connectivity index (χ2n) is 6.86. The highest BCUT2D eigenvalue weighted by atomic mass is 32.1. The van der Waals surface area contributed by atoms with Crippen LogP contribution >= 0.6 is 11.3 Å². The maximum atomic E-state index is 13.0. The molecule has 6 heteroatoms. The van der Waals surface area contributed by atoms with Crippen molar-refractivity contribution in [1.82, 2.24) is 5.32 Å². The van der Waals surface area contributed by atoms with Crippen LogP contribution in [0.1, 0.15) is 41.5 Å². The lowest BCUT2D eigenvalue weighted by atomic mass is 9.74. The largest absolute Gasteiger partial charge is 0.493 e. The number of ketones is 1. The monoisotopic (exact) mass is 383 g/mol. The standard InChI is InChI=1S/C21H21NO4S/c1-25-17-6-5-12(10-18(17)26-2)14-11-20(24)22-15-8-13(9-16(23)21(14)15)19-4-3-7-27-19/h3-7,10,13-14H,8-9,11H2,1-2H3,(H,22,24)/t13-,14+/m1/s1. The number of Topliss-reactive ketones (excluding diaryl/α,β-unsaturated/α-hetero) is 1. The number of amides is 1. The van der Waals surface area contributed by atoms with E-state index in [9.17, 15) is 9.59 Å². The highest BCUT2D eigenvalue weighted by molar-refractivity contribution is 7.10. The molecular formula is C21H21NO4S. The summed E-state index contributed by atoms with van der Waals surface area (Å²) in [6.07, 6.45) is 1.44. The van der Waals surface area contributed by atoms with E-state index in [4.69, 9.17) is 9.47 Å². The number of hydrogen-bond acceptors (Lipinski definition) is 5. The van der Waals surface area contributed by atoms with E-state index < -0.39 is 0 Å². The fourth-order valence-electron chi connectivity index (χ4n) is 4.04. The van der Waals surface area contributed by atoms with Crippen LogP contribution in [-0.4, -0.2) is 25.9 Å². The Balaban J connectivity index is 1.73. The Morgan fingerprint density at radius 1 is 1.04 bits per heavy atom. The minimum Gasteiger partial charge on any atom is -0.493 e. The van der Waals surface area contributed by atoms with Gasteiger partial charge >= 0.3 is 0 Å². The van der Waals surface area contributed by atoms with Gasteiger partial charge in [0.15, 0.2) is 17.3 Å². The Bertz CT molecular complexity index is 916. The van der Waals surface area contributed by atoms with Gasteiger partial charge in [0, 0.05) is 40.8 Å². The summed E-state index contributed by atoms with van der Waals surface area (Å²) in [6, 6.07) is 9.66. The van der Waals surface area contributed by atoms with Crippen LogP contribution in [-0.2, 0) is 9.59 Å². The van der Waals surface area contributed by atoms with Gasteiger partial charge in [-0.05, 0) is 35.6 Å². The van der Waals surface area contributed by atoms with Crippen molar-refractivity contribution in [2.24, 2.45) is 0 Å². The van der Waals surface area contributed by atoms with Crippen molar-refractivity contribution < 1.29 is 19.1 Å².